The predicted octanol–water partition coefficient (Wildman–Crippen LogP) is 2.90. The highest BCUT2D eigenvalue weighted by Crippen LogP contribution is 2.45. The van der Waals surface area contributed by atoms with Crippen molar-refractivity contribution in [2.24, 2.45) is 0 Å². The molecule has 3 aromatic rings. The Bertz CT molecular complexity index is 1290. The van der Waals surface area contributed by atoms with Crippen molar-refractivity contribution in [2.75, 3.05) is 6.54 Å². The van der Waals surface area contributed by atoms with E-state index in [2.05, 4.69) is 4.98 Å². The Morgan fingerprint density at radius 3 is 2.45 bits per heavy atom. The number of hydrogen-bond donors (Lipinski definition) is 1. The molecule has 1 N–H and O–H groups in total. The van der Waals surface area contributed by atoms with Gasteiger partial charge in [0.2, 0.25) is 0 Å². The molecule has 1 aromatic heterocycles. The first-order chi connectivity index (χ1) is 13.8. The lowest BCUT2D eigenvalue weighted by molar-refractivity contribution is -0.130. The molecule has 8 heteroatoms. The molecule has 0 saturated carbocycles. The zero-order valence-corrected chi connectivity index (χ0v) is 16.8. The number of carbonyl (C=O) groups excluding carboxylic acids is 2. The largest absolute Gasteiger partial charge is 0.356 e. The summed E-state index contributed by atoms with van der Waals surface area (Å²) in [5, 5.41) is 0.989. The summed E-state index contributed by atoms with van der Waals surface area (Å²) in [5.41, 5.74) is 1.90. The second kappa shape index (κ2) is 5.70. The van der Waals surface area contributed by atoms with E-state index in [1.54, 1.807) is 19.1 Å². The molecule has 2 aliphatic rings. The second-order valence-electron chi connectivity index (χ2n) is 7.67. The third-order valence-corrected chi connectivity index (χ3v) is 7.66. The number of aromatic amines is 1. The molecule has 5 rings (SSSR count). The fourth-order valence-electron chi connectivity index (χ4n) is 4.39. The van der Waals surface area contributed by atoms with E-state index >= 15 is 0 Å². The highest BCUT2D eigenvalue weighted by atomic mass is 32.2. The maximum absolute atomic E-state index is 13.5. The molecule has 0 unspecified atom stereocenters. The molecule has 0 bridgehead atoms. The van der Waals surface area contributed by atoms with Gasteiger partial charge in [-0.05, 0) is 44.0 Å². The SMILES string of the molecule is Cc1ccc(S(=O)(=O)N2C(=O)N3CCc4c([nH]c5ccccc45)[C@@]3(C)C2=O)cc1. The van der Waals surface area contributed by atoms with Gasteiger partial charge in [0.1, 0.15) is 0 Å². The number of aryl methyl sites for hydroxylation is 1. The number of carbonyl (C=O) groups is 2. The highest BCUT2D eigenvalue weighted by molar-refractivity contribution is 7.90. The van der Waals surface area contributed by atoms with Crippen LogP contribution in [0, 0.1) is 6.92 Å². The van der Waals surface area contributed by atoms with Crippen molar-refractivity contribution in [1.82, 2.24) is 14.2 Å². The average molecular weight is 409 g/mol. The van der Waals surface area contributed by atoms with E-state index in [9.17, 15) is 18.0 Å². The van der Waals surface area contributed by atoms with Gasteiger partial charge in [0.15, 0.2) is 5.54 Å². The van der Waals surface area contributed by atoms with Gasteiger partial charge in [-0.25, -0.2) is 13.2 Å². The van der Waals surface area contributed by atoms with Crippen LogP contribution in [0.5, 0.6) is 0 Å². The van der Waals surface area contributed by atoms with Crippen molar-refractivity contribution in [3.63, 3.8) is 0 Å². The Kier molecular flexibility index (Phi) is 3.52. The number of fused-ring (bicyclic) bond motifs is 5. The summed E-state index contributed by atoms with van der Waals surface area (Å²) < 4.78 is 26.8. The van der Waals surface area contributed by atoms with E-state index in [0.29, 0.717) is 16.4 Å². The summed E-state index contributed by atoms with van der Waals surface area (Å²) in [6.07, 6.45) is 0.548. The van der Waals surface area contributed by atoms with Crippen LogP contribution in [-0.4, -0.2) is 41.1 Å². The summed E-state index contributed by atoms with van der Waals surface area (Å²) in [6.45, 7) is 3.72. The molecular formula is C21H19N3O4S. The molecule has 1 saturated heterocycles. The van der Waals surface area contributed by atoms with Crippen LogP contribution in [0.25, 0.3) is 10.9 Å². The van der Waals surface area contributed by atoms with Gasteiger partial charge in [0, 0.05) is 17.4 Å². The highest BCUT2D eigenvalue weighted by Gasteiger charge is 2.62. The molecule has 1 atom stereocenters. The minimum absolute atomic E-state index is 0.0786. The van der Waals surface area contributed by atoms with Crippen molar-refractivity contribution in [2.45, 2.75) is 30.7 Å². The number of sulfonamides is 1. The van der Waals surface area contributed by atoms with E-state index < -0.39 is 27.5 Å². The van der Waals surface area contributed by atoms with Crippen LogP contribution >= 0.6 is 0 Å². The zero-order chi connectivity index (χ0) is 20.6. The number of urea groups is 1. The first-order valence-electron chi connectivity index (χ1n) is 9.34. The molecule has 7 nitrogen and oxygen atoms in total. The fourth-order valence-corrected chi connectivity index (χ4v) is 5.78. The number of rotatable bonds is 2. The smallest absolute Gasteiger partial charge is 0.342 e. The third kappa shape index (κ3) is 2.20. The lowest BCUT2D eigenvalue weighted by Crippen LogP contribution is -2.49. The third-order valence-electron chi connectivity index (χ3n) is 5.99. The van der Waals surface area contributed by atoms with Crippen LogP contribution in [0.4, 0.5) is 4.79 Å². The number of nitrogens with zero attached hydrogens (tertiary/aromatic N) is 2. The molecule has 0 aliphatic carbocycles. The maximum atomic E-state index is 13.5. The summed E-state index contributed by atoms with van der Waals surface area (Å²) in [4.78, 5) is 31.1. The minimum Gasteiger partial charge on any atom is -0.356 e. The van der Waals surface area contributed by atoms with Crippen molar-refractivity contribution < 1.29 is 18.0 Å². The summed E-state index contributed by atoms with van der Waals surface area (Å²) in [7, 11) is -4.30. The Morgan fingerprint density at radius 2 is 1.72 bits per heavy atom. The van der Waals surface area contributed by atoms with E-state index in [1.165, 1.54) is 17.0 Å². The molecule has 3 amide bonds. The topological polar surface area (TPSA) is 90.6 Å². The van der Waals surface area contributed by atoms with Crippen LogP contribution in [0.15, 0.2) is 53.4 Å². The molecule has 3 heterocycles. The van der Waals surface area contributed by atoms with E-state index in [1.807, 2.05) is 31.2 Å². The van der Waals surface area contributed by atoms with E-state index in [4.69, 9.17) is 0 Å². The first-order valence-corrected chi connectivity index (χ1v) is 10.8. The number of H-pyrrole nitrogens is 1. The zero-order valence-electron chi connectivity index (χ0n) is 16.0. The van der Waals surface area contributed by atoms with Crippen LogP contribution in [0.3, 0.4) is 0 Å². The lowest BCUT2D eigenvalue weighted by atomic mass is 9.87. The van der Waals surface area contributed by atoms with Crippen molar-refractivity contribution in [1.29, 1.82) is 0 Å². The average Bonchev–Trinajstić information content (AvgIpc) is 3.17. The van der Waals surface area contributed by atoms with Crippen molar-refractivity contribution in [3.8, 4) is 0 Å². The Balaban J connectivity index is 1.67. The van der Waals surface area contributed by atoms with Gasteiger partial charge in [-0.2, -0.15) is 0 Å². The Labute approximate surface area is 168 Å². The van der Waals surface area contributed by atoms with Crippen molar-refractivity contribution >= 4 is 32.9 Å². The molecule has 2 aliphatic heterocycles. The van der Waals surface area contributed by atoms with Crippen LogP contribution in [-0.2, 0) is 26.8 Å². The van der Waals surface area contributed by atoms with Gasteiger partial charge >= 0.3 is 6.03 Å². The number of hydrogen-bond acceptors (Lipinski definition) is 4. The molecule has 0 spiro atoms. The summed E-state index contributed by atoms with van der Waals surface area (Å²) in [6, 6.07) is 13.0. The van der Waals surface area contributed by atoms with Crippen LogP contribution in [0.2, 0.25) is 0 Å². The summed E-state index contributed by atoms with van der Waals surface area (Å²) >= 11 is 0. The standard InChI is InChI=1S/C21H19N3O4S/c1-13-7-9-14(10-8-13)29(27,28)24-19(25)21(2)18-16(11-12-23(21)20(24)26)15-5-3-4-6-17(15)22-18/h3-10,22H,11-12H2,1-2H3/t21-/m0/s1. The monoisotopic (exact) mass is 409 g/mol. The predicted molar refractivity (Wildman–Crippen MR) is 107 cm³/mol. The molecule has 29 heavy (non-hydrogen) atoms. The lowest BCUT2D eigenvalue weighted by Gasteiger charge is -2.35. The molecule has 0 radical (unpaired) electrons. The van der Waals surface area contributed by atoms with Crippen LogP contribution < -0.4 is 0 Å². The Hall–Kier alpha value is -3.13. The number of para-hydroxylation sites is 1. The number of aromatic nitrogens is 1. The van der Waals surface area contributed by atoms with Gasteiger partial charge in [-0.1, -0.05) is 35.9 Å². The molecule has 148 valence electrons. The molecule has 1 fully saturated rings. The molecule has 2 aromatic carbocycles. The van der Waals surface area contributed by atoms with Crippen molar-refractivity contribution in [3.05, 3.63) is 65.4 Å². The number of nitrogens with one attached hydrogen (secondary N) is 1. The minimum atomic E-state index is -4.30. The number of imide groups is 1. The first kappa shape index (κ1) is 17.9. The summed E-state index contributed by atoms with van der Waals surface area (Å²) in [5.74, 6) is -0.754. The number of amides is 3. The van der Waals surface area contributed by atoms with E-state index in [-0.39, 0.29) is 11.4 Å². The number of benzene rings is 2. The fraction of sp³-hybridized carbons (Fsp3) is 0.238. The Morgan fingerprint density at radius 1 is 1.03 bits per heavy atom. The van der Waals surface area contributed by atoms with Crippen LogP contribution in [0.1, 0.15) is 23.7 Å². The quantitative estimate of drug-likeness (QED) is 0.659. The van der Waals surface area contributed by atoms with Gasteiger partial charge in [0.05, 0.1) is 10.6 Å². The maximum Gasteiger partial charge on any atom is 0.342 e. The van der Waals surface area contributed by atoms with Gasteiger partial charge < -0.3 is 9.88 Å². The normalized spacial score (nSPS) is 21.6. The second-order valence-corrected chi connectivity index (χ2v) is 9.45. The van der Waals surface area contributed by atoms with E-state index in [0.717, 1.165) is 22.0 Å². The van der Waals surface area contributed by atoms with Gasteiger partial charge in [-0.3, -0.25) is 4.79 Å². The van der Waals surface area contributed by atoms with Gasteiger partial charge in [-0.15, -0.1) is 4.31 Å². The molecular weight excluding hydrogens is 390 g/mol. The van der Waals surface area contributed by atoms with Gasteiger partial charge in [0.25, 0.3) is 15.9 Å².